The van der Waals surface area contributed by atoms with Gasteiger partial charge in [-0.05, 0) is 5.92 Å². The Morgan fingerprint density at radius 3 is 2.87 bits per heavy atom. The van der Waals surface area contributed by atoms with E-state index in [0.717, 1.165) is 16.5 Å². The second-order valence-corrected chi connectivity index (χ2v) is 7.51. The number of carbonyl (C=O) groups is 1. The van der Waals surface area contributed by atoms with E-state index >= 15 is 0 Å². The number of aromatic nitrogens is 3. The third-order valence-corrected chi connectivity index (χ3v) is 4.83. The van der Waals surface area contributed by atoms with Crippen LogP contribution in [0.4, 0.5) is 0 Å². The molecule has 1 aliphatic heterocycles. The third-order valence-electron chi connectivity index (χ3n) is 3.57. The fourth-order valence-electron chi connectivity index (χ4n) is 2.71. The Balaban J connectivity index is 1.73. The predicted octanol–water partition coefficient (Wildman–Crippen LogP) is 1.85. The first-order valence-corrected chi connectivity index (χ1v) is 8.69. The van der Waals surface area contributed by atoms with Crippen molar-refractivity contribution in [3.8, 4) is 0 Å². The molecule has 0 spiro atoms. The summed E-state index contributed by atoms with van der Waals surface area (Å²) < 4.78 is 6.68. The molecule has 1 fully saturated rings. The van der Waals surface area contributed by atoms with Crippen molar-refractivity contribution < 1.29 is 9.53 Å². The molecule has 7 nitrogen and oxygen atoms in total. The summed E-state index contributed by atoms with van der Waals surface area (Å²) in [5, 5.41) is 5.66. The average molecular weight is 358 g/mol. The maximum atomic E-state index is 12.2. The molecule has 3 heterocycles. The highest BCUT2D eigenvalue weighted by molar-refractivity contribution is 7.16. The van der Waals surface area contributed by atoms with E-state index in [1.807, 2.05) is 0 Å². The van der Waals surface area contributed by atoms with Gasteiger partial charge in [0.15, 0.2) is 5.15 Å². The lowest BCUT2D eigenvalue weighted by Crippen LogP contribution is -2.28. The summed E-state index contributed by atoms with van der Waals surface area (Å²) in [5.41, 5.74) is 0.689. The number of methoxy groups -OCH3 is 1. The minimum absolute atomic E-state index is 0.117. The molecule has 0 radical (unpaired) electrons. The zero-order valence-electron chi connectivity index (χ0n) is 13.5. The molecule has 9 heteroatoms. The van der Waals surface area contributed by atoms with E-state index in [1.54, 1.807) is 16.5 Å². The Morgan fingerprint density at radius 1 is 1.43 bits per heavy atom. The van der Waals surface area contributed by atoms with E-state index in [1.165, 1.54) is 11.3 Å². The summed E-state index contributed by atoms with van der Waals surface area (Å²) >= 11 is 7.81. The summed E-state index contributed by atoms with van der Waals surface area (Å²) in [7, 11) is 1.62. The van der Waals surface area contributed by atoms with E-state index in [9.17, 15) is 4.79 Å². The molecular weight excluding hydrogens is 338 g/mol. The molecule has 126 valence electrons. The standard InChI is InChI=1S/C14H20ClN5O2S/c1-9(2)4-18-6-12(21)19(8-18)5-10-13(15)20-14(16-10)23-11(17-20)7-22-3/h9H,4-8H2,1-3H3. The fraction of sp³-hybridized carbons (Fsp3) is 0.643. The lowest BCUT2D eigenvalue weighted by Gasteiger charge is -2.18. The van der Waals surface area contributed by atoms with Crippen LogP contribution in [0.3, 0.4) is 0 Å². The van der Waals surface area contributed by atoms with Gasteiger partial charge in [0, 0.05) is 13.7 Å². The summed E-state index contributed by atoms with van der Waals surface area (Å²) in [4.78, 5) is 21.3. The summed E-state index contributed by atoms with van der Waals surface area (Å²) in [6.07, 6.45) is 0. The van der Waals surface area contributed by atoms with Crippen molar-refractivity contribution in [1.29, 1.82) is 0 Å². The quantitative estimate of drug-likeness (QED) is 0.789. The van der Waals surface area contributed by atoms with Gasteiger partial charge >= 0.3 is 0 Å². The van der Waals surface area contributed by atoms with E-state index < -0.39 is 0 Å². The van der Waals surface area contributed by atoms with Gasteiger partial charge in [0.1, 0.15) is 10.7 Å². The number of nitrogens with zero attached hydrogens (tertiary/aromatic N) is 5. The Morgan fingerprint density at radius 2 is 2.22 bits per heavy atom. The number of hydrogen-bond donors (Lipinski definition) is 0. The van der Waals surface area contributed by atoms with Crippen LogP contribution in [0, 0.1) is 5.92 Å². The Kier molecular flexibility index (Phi) is 4.86. The molecule has 0 aliphatic carbocycles. The van der Waals surface area contributed by atoms with Crippen molar-refractivity contribution in [3.63, 3.8) is 0 Å². The van der Waals surface area contributed by atoms with Gasteiger partial charge in [0.05, 0.1) is 26.4 Å². The summed E-state index contributed by atoms with van der Waals surface area (Å²) in [6, 6.07) is 0. The van der Waals surface area contributed by atoms with Crippen molar-refractivity contribution in [2.45, 2.75) is 27.0 Å². The molecule has 1 amide bonds. The highest BCUT2D eigenvalue weighted by Gasteiger charge is 2.29. The fourth-order valence-corrected chi connectivity index (χ4v) is 3.86. The SMILES string of the molecule is COCc1nn2c(Cl)c(CN3CN(CC(C)C)CC3=O)nc2s1. The van der Waals surface area contributed by atoms with Crippen molar-refractivity contribution in [1.82, 2.24) is 24.4 Å². The predicted molar refractivity (Wildman–Crippen MR) is 88.4 cm³/mol. The zero-order chi connectivity index (χ0) is 16.6. The minimum Gasteiger partial charge on any atom is -0.377 e. The average Bonchev–Trinajstić information content (AvgIpc) is 3.08. The second kappa shape index (κ2) is 6.72. The van der Waals surface area contributed by atoms with Crippen molar-refractivity contribution in [3.05, 3.63) is 15.9 Å². The van der Waals surface area contributed by atoms with E-state index in [0.29, 0.717) is 43.1 Å². The highest BCUT2D eigenvalue weighted by atomic mass is 35.5. The molecule has 1 saturated heterocycles. The number of carbonyl (C=O) groups excluding carboxylic acids is 1. The number of imidazole rings is 1. The summed E-state index contributed by atoms with van der Waals surface area (Å²) in [6.45, 7) is 7.16. The molecular formula is C14H20ClN5O2S. The van der Waals surface area contributed by atoms with Gasteiger partial charge in [-0.2, -0.15) is 9.61 Å². The largest absolute Gasteiger partial charge is 0.377 e. The van der Waals surface area contributed by atoms with Gasteiger partial charge in [-0.25, -0.2) is 4.98 Å². The molecule has 0 atom stereocenters. The minimum atomic E-state index is 0.117. The maximum absolute atomic E-state index is 12.2. The van der Waals surface area contributed by atoms with Crippen LogP contribution in [0.1, 0.15) is 24.5 Å². The molecule has 1 aliphatic rings. The van der Waals surface area contributed by atoms with Gasteiger partial charge in [0.25, 0.3) is 0 Å². The number of hydrogen-bond acceptors (Lipinski definition) is 6. The number of rotatable bonds is 6. The van der Waals surface area contributed by atoms with Crippen LogP contribution >= 0.6 is 22.9 Å². The van der Waals surface area contributed by atoms with Crippen LogP contribution in [0.15, 0.2) is 0 Å². The van der Waals surface area contributed by atoms with Gasteiger partial charge in [-0.1, -0.05) is 36.8 Å². The lowest BCUT2D eigenvalue weighted by atomic mass is 10.2. The Labute approximate surface area is 143 Å². The van der Waals surface area contributed by atoms with Crippen LogP contribution in [-0.4, -0.2) is 57.2 Å². The first-order valence-electron chi connectivity index (χ1n) is 7.49. The number of halogens is 1. The first-order chi connectivity index (χ1) is 11.0. The number of fused-ring (bicyclic) bond motifs is 1. The second-order valence-electron chi connectivity index (χ2n) is 6.11. The summed E-state index contributed by atoms with van der Waals surface area (Å²) in [5.74, 6) is 0.652. The maximum Gasteiger partial charge on any atom is 0.238 e. The Hall–Kier alpha value is -1.22. The zero-order valence-corrected chi connectivity index (χ0v) is 15.0. The molecule has 0 unspecified atom stereocenters. The van der Waals surface area contributed by atoms with Crippen LogP contribution in [0.25, 0.3) is 4.96 Å². The molecule has 0 bridgehead atoms. The third kappa shape index (κ3) is 3.50. The van der Waals surface area contributed by atoms with Crippen LogP contribution in [0.5, 0.6) is 0 Å². The topological polar surface area (TPSA) is 63.0 Å². The van der Waals surface area contributed by atoms with E-state index in [-0.39, 0.29) is 5.91 Å². The van der Waals surface area contributed by atoms with Crippen LogP contribution in [0.2, 0.25) is 5.15 Å². The molecule has 23 heavy (non-hydrogen) atoms. The van der Waals surface area contributed by atoms with Crippen LogP contribution in [-0.2, 0) is 22.7 Å². The normalized spacial score (nSPS) is 16.4. The Bertz CT molecular complexity index is 713. The lowest BCUT2D eigenvalue weighted by molar-refractivity contribution is -0.127. The molecule has 2 aromatic rings. The van der Waals surface area contributed by atoms with Gasteiger partial charge in [0.2, 0.25) is 10.9 Å². The molecule has 0 saturated carbocycles. The first kappa shape index (κ1) is 16.6. The number of ether oxygens (including phenoxy) is 1. The van der Waals surface area contributed by atoms with E-state index in [2.05, 4.69) is 28.8 Å². The van der Waals surface area contributed by atoms with Crippen LogP contribution < -0.4 is 0 Å². The van der Waals surface area contributed by atoms with Gasteiger partial charge in [-0.3, -0.25) is 9.69 Å². The van der Waals surface area contributed by atoms with Gasteiger partial charge < -0.3 is 9.64 Å². The molecule has 3 rings (SSSR count). The highest BCUT2D eigenvalue weighted by Crippen LogP contribution is 2.25. The molecule has 2 aromatic heterocycles. The number of amides is 1. The monoisotopic (exact) mass is 357 g/mol. The van der Waals surface area contributed by atoms with Gasteiger partial charge in [-0.15, -0.1) is 0 Å². The van der Waals surface area contributed by atoms with E-state index in [4.69, 9.17) is 16.3 Å². The van der Waals surface area contributed by atoms with Crippen molar-refractivity contribution >= 4 is 33.8 Å². The van der Waals surface area contributed by atoms with Crippen molar-refractivity contribution in [2.24, 2.45) is 5.92 Å². The molecule has 0 aromatic carbocycles. The molecule has 0 N–H and O–H groups in total. The smallest absolute Gasteiger partial charge is 0.238 e. The van der Waals surface area contributed by atoms with Crippen molar-refractivity contribution in [2.75, 3.05) is 26.9 Å².